The van der Waals surface area contributed by atoms with E-state index in [9.17, 15) is 4.79 Å². The van der Waals surface area contributed by atoms with E-state index in [-0.39, 0.29) is 12.5 Å². The van der Waals surface area contributed by atoms with E-state index in [1.54, 1.807) is 7.11 Å². The molecule has 0 saturated carbocycles. The number of carbonyl (C=O) groups is 1. The molecular weight excluding hydrogens is 354 g/mol. The number of para-hydroxylation sites is 2. The minimum absolute atomic E-state index is 0.0570. The van der Waals surface area contributed by atoms with Crippen molar-refractivity contribution in [3.63, 3.8) is 0 Å². The number of likely N-dealkylation sites (N-methyl/N-ethyl adjacent to an activating group) is 1. The van der Waals surface area contributed by atoms with Gasteiger partial charge >= 0.3 is 0 Å². The van der Waals surface area contributed by atoms with Crippen molar-refractivity contribution in [2.75, 3.05) is 20.3 Å². The molecule has 6 heteroatoms. The molecule has 0 unspecified atom stereocenters. The summed E-state index contributed by atoms with van der Waals surface area (Å²) in [7, 11) is 1.62. The molecule has 1 amide bonds. The van der Waals surface area contributed by atoms with Crippen LogP contribution in [0.1, 0.15) is 25.2 Å². The number of ether oxygens (including phenoxy) is 2. The van der Waals surface area contributed by atoms with Crippen molar-refractivity contribution in [3.8, 4) is 11.5 Å². The van der Waals surface area contributed by atoms with E-state index in [2.05, 4.69) is 4.98 Å². The van der Waals surface area contributed by atoms with Crippen molar-refractivity contribution >= 4 is 16.9 Å². The van der Waals surface area contributed by atoms with Gasteiger partial charge in [0.15, 0.2) is 11.5 Å². The normalized spacial score (nSPS) is 10.9. The van der Waals surface area contributed by atoms with Gasteiger partial charge in [0.25, 0.3) is 0 Å². The van der Waals surface area contributed by atoms with E-state index >= 15 is 0 Å². The lowest BCUT2D eigenvalue weighted by atomic mass is 10.2. The maximum absolute atomic E-state index is 13.0. The van der Waals surface area contributed by atoms with Crippen LogP contribution in [0.15, 0.2) is 42.5 Å². The van der Waals surface area contributed by atoms with Gasteiger partial charge in [0, 0.05) is 13.1 Å². The Morgan fingerprint density at radius 2 is 1.93 bits per heavy atom. The van der Waals surface area contributed by atoms with Crippen LogP contribution in [0.25, 0.3) is 11.0 Å². The van der Waals surface area contributed by atoms with Crippen LogP contribution < -0.4 is 9.47 Å². The number of carbonyl (C=O) groups excluding carboxylic acids is 1. The Bertz CT molecular complexity index is 965. The standard InChI is InChI=1S/C22H27N3O3/c1-5-24(14-17-11-12-20(28-6-2)21(13-17)27-4)22(26)15-25-16(3)23-18-9-7-8-10-19(18)25/h7-13H,5-6,14-15H2,1-4H3. The minimum atomic E-state index is 0.0570. The number of aryl methyl sites for hydroxylation is 1. The monoisotopic (exact) mass is 381 g/mol. The highest BCUT2D eigenvalue weighted by Gasteiger charge is 2.17. The molecule has 2 aromatic carbocycles. The lowest BCUT2D eigenvalue weighted by Crippen LogP contribution is -2.33. The van der Waals surface area contributed by atoms with Crippen molar-refractivity contribution < 1.29 is 14.3 Å². The second kappa shape index (κ2) is 8.78. The van der Waals surface area contributed by atoms with Crippen molar-refractivity contribution in [2.45, 2.75) is 33.9 Å². The number of methoxy groups -OCH3 is 1. The fourth-order valence-corrected chi connectivity index (χ4v) is 3.31. The van der Waals surface area contributed by atoms with Crippen LogP contribution in [0.3, 0.4) is 0 Å². The molecule has 0 N–H and O–H groups in total. The summed E-state index contributed by atoms with van der Waals surface area (Å²) in [6, 6.07) is 13.7. The fourth-order valence-electron chi connectivity index (χ4n) is 3.31. The zero-order valence-electron chi connectivity index (χ0n) is 16.9. The summed E-state index contributed by atoms with van der Waals surface area (Å²) in [6.45, 7) is 7.85. The number of rotatable bonds is 8. The Balaban J connectivity index is 1.77. The molecule has 1 aromatic heterocycles. The predicted molar refractivity (Wildman–Crippen MR) is 110 cm³/mol. The first-order valence-electron chi connectivity index (χ1n) is 9.56. The van der Waals surface area contributed by atoms with Gasteiger partial charge < -0.3 is 18.9 Å². The van der Waals surface area contributed by atoms with Gasteiger partial charge in [-0.05, 0) is 50.6 Å². The number of imidazole rings is 1. The second-order valence-corrected chi connectivity index (χ2v) is 6.56. The van der Waals surface area contributed by atoms with Gasteiger partial charge in [0.2, 0.25) is 5.91 Å². The summed E-state index contributed by atoms with van der Waals surface area (Å²) in [4.78, 5) is 19.4. The zero-order valence-corrected chi connectivity index (χ0v) is 16.9. The molecule has 3 aromatic rings. The molecule has 0 aliphatic heterocycles. The molecule has 0 radical (unpaired) electrons. The Morgan fingerprint density at radius 3 is 2.64 bits per heavy atom. The number of fused-ring (bicyclic) bond motifs is 1. The highest BCUT2D eigenvalue weighted by Crippen LogP contribution is 2.28. The molecule has 3 rings (SSSR count). The van der Waals surface area contributed by atoms with Crippen LogP contribution in [-0.2, 0) is 17.9 Å². The van der Waals surface area contributed by atoms with E-state index < -0.39 is 0 Å². The first-order valence-corrected chi connectivity index (χ1v) is 9.56. The summed E-state index contributed by atoms with van der Waals surface area (Å²) in [5, 5.41) is 0. The third-order valence-corrected chi connectivity index (χ3v) is 4.77. The van der Waals surface area contributed by atoms with Gasteiger partial charge in [0.05, 0.1) is 24.8 Å². The molecule has 0 atom stereocenters. The SMILES string of the molecule is CCOc1ccc(CN(CC)C(=O)Cn2c(C)nc3ccccc32)cc1OC. The highest BCUT2D eigenvalue weighted by molar-refractivity contribution is 5.81. The molecule has 6 nitrogen and oxygen atoms in total. The van der Waals surface area contributed by atoms with Crippen molar-refractivity contribution in [2.24, 2.45) is 0 Å². The number of nitrogens with zero attached hydrogens (tertiary/aromatic N) is 3. The van der Waals surface area contributed by atoms with Crippen LogP contribution in [0.4, 0.5) is 0 Å². The Kier molecular flexibility index (Phi) is 6.19. The molecule has 1 heterocycles. The van der Waals surface area contributed by atoms with Crippen molar-refractivity contribution in [3.05, 3.63) is 53.9 Å². The third-order valence-electron chi connectivity index (χ3n) is 4.77. The van der Waals surface area contributed by atoms with Crippen molar-refractivity contribution in [1.29, 1.82) is 0 Å². The van der Waals surface area contributed by atoms with Crippen molar-refractivity contribution in [1.82, 2.24) is 14.5 Å². The summed E-state index contributed by atoms with van der Waals surface area (Å²) < 4.78 is 13.0. The summed E-state index contributed by atoms with van der Waals surface area (Å²) in [5.74, 6) is 2.29. The van der Waals surface area contributed by atoms with Gasteiger partial charge in [-0.3, -0.25) is 4.79 Å². The van der Waals surface area contributed by atoms with Crippen LogP contribution in [0.5, 0.6) is 11.5 Å². The van der Waals surface area contributed by atoms with Gasteiger partial charge in [-0.1, -0.05) is 18.2 Å². The smallest absolute Gasteiger partial charge is 0.242 e. The number of hydrogen-bond acceptors (Lipinski definition) is 4. The summed E-state index contributed by atoms with van der Waals surface area (Å²) in [6.07, 6.45) is 0. The number of benzene rings is 2. The first-order chi connectivity index (χ1) is 13.6. The minimum Gasteiger partial charge on any atom is -0.493 e. The van der Waals surface area contributed by atoms with Gasteiger partial charge in [0.1, 0.15) is 12.4 Å². The predicted octanol–water partition coefficient (Wildman–Crippen LogP) is 3.80. The average Bonchev–Trinajstić information content (AvgIpc) is 3.02. The maximum atomic E-state index is 13.0. The largest absolute Gasteiger partial charge is 0.493 e. The Hall–Kier alpha value is -3.02. The van der Waals surface area contributed by atoms with E-state index in [1.165, 1.54) is 0 Å². The summed E-state index contributed by atoms with van der Waals surface area (Å²) >= 11 is 0. The van der Waals surface area contributed by atoms with Gasteiger partial charge in [-0.15, -0.1) is 0 Å². The number of aromatic nitrogens is 2. The van der Waals surface area contributed by atoms with Crippen LogP contribution in [-0.4, -0.2) is 40.6 Å². The van der Waals surface area contributed by atoms with Crippen LogP contribution >= 0.6 is 0 Å². The third kappa shape index (κ3) is 4.11. The first kappa shape index (κ1) is 19.7. The Morgan fingerprint density at radius 1 is 1.14 bits per heavy atom. The zero-order chi connectivity index (χ0) is 20.1. The lowest BCUT2D eigenvalue weighted by molar-refractivity contribution is -0.132. The van der Waals surface area contributed by atoms with E-state index in [0.29, 0.717) is 31.2 Å². The van der Waals surface area contributed by atoms with Crippen LogP contribution in [0.2, 0.25) is 0 Å². The highest BCUT2D eigenvalue weighted by atomic mass is 16.5. The number of hydrogen-bond donors (Lipinski definition) is 0. The maximum Gasteiger partial charge on any atom is 0.242 e. The van der Waals surface area contributed by atoms with Gasteiger partial charge in [-0.25, -0.2) is 4.98 Å². The lowest BCUT2D eigenvalue weighted by Gasteiger charge is -2.22. The molecular formula is C22H27N3O3. The molecule has 0 aliphatic rings. The molecule has 0 aliphatic carbocycles. The molecule has 28 heavy (non-hydrogen) atoms. The topological polar surface area (TPSA) is 56.6 Å². The molecule has 148 valence electrons. The van der Waals surface area contributed by atoms with Crippen LogP contribution in [0, 0.1) is 6.92 Å². The molecule has 0 bridgehead atoms. The van der Waals surface area contributed by atoms with Gasteiger partial charge in [-0.2, -0.15) is 0 Å². The molecule has 0 fully saturated rings. The second-order valence-electron chi connectivity index (χ2n) is 6.56. The number of amides is 1. The van der Waals surface area contributed by atoms with E-state index in [1.807, 2.05) is 72.7 Å². The summed E-state index contributed by atoms with van der Waals surface area (Å²) in [5.41, 5.74) is 2.89. The molecule has 0 saturated heterocycles. The average molecular weight is 381 g/mol. The molecule has 0 spiro atoms. The van der Waals surface area contributed by atoms with E-state index in [0.717, 1.165) is 22.4 Å². The quantitative estimate of drug-likeness (QED) is 0.596. The fraction of sp³-hybridized carbons (Fsp3) is 0.364. The Labute approximate surface area is 165 Å². The van der Waals surface area contributed by atoms with E-state index in [4.69, 9.17) is 9.47 Å².